The highest BCUT2D eigenvalue weighted by Crippen LogP contribution is 2.46. The number of hydrogen-bond acceptors (Lipinski definition) is 3. The molecule has 0 bridgehead atoms. The normalized spacial score (nSPS) is 11.1. The third-order valence-electron chi connectivity index (χ3n) is 5.16. The van der Waals surface area contributed by atoms with Crippen molar-refractivity contribution in [2.45, 2.75) is 20.3 Å². The molecule has 0 spiro atoms. The summed E-state index contributed by atoms with van der Waals surface area (Å²) in [6.45, 7) is 4.22. The first kappa shape index (κ1) is 18.1. The molecule has 1 heterocycles. The number of hydrogen-bond donors (Lipinski definition) is 1. The van der Waals surface area contributed by atoms with Crippen LogP contribution in [0.5, 0.6) is 5.75 Å². The van der Waals surface area contributed by atoms with Crippen LogP contribution in [0.15, 0.2) is 54.7 Å². The van der Waals surface area contributed by atoms with E-state index in [-0.39, 0.29) is 5.97 Å². The number of carbonyl (C=O) groups is 1. The molecule has 0 aliphatic carbocycles. The fourth-order valence-electron chi connectivity index (χ4n) is 3.96. The zero-order chi connectivity index (χ0) is 19.7. The molecule has 1 N–H and O–H groups in total. The molecule has 142 valence electrons. The maximum Gasteiger partial charge on any atom is 0.355 e. The van der Waals surface area contributed by atoms with Gasteiger partial charge in [0.2, 0.25) is 0 Å². The number of rotatable bonds is 5. The molecule has 0 amide bonds. The van der Waals surface area contributed by atoms with Crippen LogP contribution >= 0.6 is 0 Å². The molecule has 0 radical (unpaired) electrons. The third-order valence-corrected chi connectivity index (χ3v) is 5.16. The fraction of sp³-hybridized carbons (Fsp3) is 0.208. The largest absolute Gasteiger partial charge is 0.495 e. The van der Waals surface area contributed by atoms with Crippen LogP contribution in [0.2, 0.25) is 0 Å². The van der Waals surface area contributed by atoms with Crippen LogP contribution in [-0.2, 0) is 11.2 Å². The quantitative estimate of drug-likeness (QED) is 0.359. The standard InChI is InChI=1S/C24H23NO3/c1-4-15-14-25-22(24(26)28-5-2)20(15)21-18-12-8-6-10-16(18)17-11-7-9-13-19(17)23(21)27-3/h6-14,25H,4-5H2,1-3H3. The van der Waals surface area contributed by atoms with E-state index in [1.165, 1.54) is 0 Å². The summed E-state index contributed by atoms with van der Waals surface area (Å²) in [6.07, 6.45) is 2.68. The van der Waals surface area contributed by atoms with E-state index in [0.717, 1.165) is 50.4 Å². The predicted molar refractivity (Wildman–Crippen MR) is 113 cm³/mol. The molecule has 4 rings (SSSR count). The van der Waals surface area contributed by atoms with Crippen LogP contribution in [0.3, 0.4) is 0 Å². The number of aryl methyl sites for hydroxylation is 1. The number of nitrogens with one attached hydrogen (secondary N) is 1. The van der Waals surface area contributed by atoms with Gasteiger partial charge in [-0.3, -0.25) is 0 Å². The number of esters is 1. The van der Waals surface area contributed by atoms with Crippen LogP contribution in [0.4, 0.5) is 0 Å². The Kier molecular flexibility index (Phi) is 4.78. The molecule has 0 atom stereocenters. The Morgan fingerprint density at radius 1 is 0.893 bits per heavy atom. The van der Waals surface area contributed by atoms with Gasteiger partial charge in [-0.05, 0) is 35.1 Å². The van der Waals surface area contributed by atoms with Crippen molar-refractivity contribution >= 4 is 27.5 Å². The molecule has 4 heteroatoms. The SMILES string of the molecule is CCOC(=O)c1[nH]cc(CC)c1-c1c(OC)c2ccccc2c2ccccc12. The van der Waals surface area contributed by atoms with Gasteiger partial charge in [-0.2, -0.15) is 0 Å². The summed E-state index contributed by atoms with van der Waals surface area (Å²) in [5.74, 6) is 0.422. The lowest BCUT2D eigenvalue weighted by Gasteiger charge is -2.18. The Balaban J connectivity index is 2.18. The highest BCUT2D eigenvalue weighted by Gasteiger charge is 2.25. The van der Waals surface area contributed by atoms with Gasteiger partial charge >= 0.3 is 5.97 Å². The Morgan fingerprint density at radius 3 is 2.11 bits per heavy atom. The van der Waals surface area contributed by atoms with E-state index >= 15 is 0 Å². The predicted octanol–water partition coefficient (Wildman–Crippen LogP) is 5.74. The maximum absolute atomic E-state index is 12.7. The van der Waals surface area contributed by atoms with Crippen LogP contribution in [0, 0.1) is 0 Å². The molecule has 4 aromatic rings. The first-order valence-electron chi connectivity index (χ1n) is 9.56. The highest BCUT2D eigenvalue weighted by molar-refractivity contribution is 6.19. The summed E-state index contributed by atoms with van der Waals surface area (Å²) in [7, 11) is 1.68. The first-order valence-corrected chi connectivity index (χ1v) is 9.56. The minimum absolute atomic E-state index is 0.328. The summed E-state index contributed by atoms with van der Waals surface area (Å²) >= 11 is 0. The van der Waals surface area contributed by atoms with Gasteiger partial charge in [0.05, 0.1) is 13.7 Å². The molecule has 0 fully saturated rings. The number of aromatic amines is 1. The van der Waals surface area contributed by atoms with Crippen molar-refractivity contribution in [2.75, 3.05) is 13.7 Å². The van der Waals surface area contributed by atoms with Gasteiger partial charge in [-0.25, -0.2) is 4.79 Å². The molecular formula is C24H23NO3. The summed E-state index contributed by atoms with van der Waals surface area (Å²) in [5.41, 5.74) is 3.32. The maximum atomic E-state index is 12.7. The summed E-state index contributed by atoms with van der Waals surface area (Å²) in [6, 6.07) is 16.5. The van der Waals surface area contributed by atoms with Gasteiger partial charge in [0, 0.05) is 22.7 Å². The van der Waals surface area contributed by atoms with Crippen molar-refractivity contribution in [3.63, 3.8) is 0 Å². The first-order chi connectivity index (χ1) is 13.7. The molecule has 0 aliphatic rings. The van der Waals surface area contributed by atoms with Gasteiger partial charge in [0.25, 0.3) is 0 Å². The van der Waals surface area contributed by atoms with Crippen molar-refractivity contribution in [1.82, 2.24) is 4.98 Å². The molecule has 28 heavy (non-hydrogen) atoms. The number of H-pyrrole nitrogens is 1. The summed E-state index contributed by atoms with van der Waals surface area (Å²) < 4.78 is 11.2. The molecule has 0 saturated heterocycles. The van der Waals surface area contributed by atoms with Crippen LogP contribution in [-0.4, -0.2) is 24.7 Å². The van der Waals surface area contributed by atoms with Crippen molar-refractivity contribution in [1.29, 1.82) is 0 Å². The topological polar surface area (TPSA) is 51.3 Å². The Bertz CT molecular complexity index is 1170. The van der Waals surface area contributed by atoms with Crippen LogP contribution < -0.4 is 4.74 Å². The van der Waals surface area contributed by atoms with Crippen molar-refractivity contribution in [3.05, 3.63) is 66.0 Å². The lowest BCUT2D eigenvalue weighted by molar-refractivity contribution is 0.0521. The Hall–Kier alpha value is -3.27. The van der Waals surface area contributed by atoms with Crippen LogP contribution in [0.1, 0.15) is 29.9 Å². The molecule has 0 saturated carbocycles. The molecule has 0 unspecified atom stereocenters. The summed E-state index contributed by atoms with van der Waals surface area (Å²) in [5, 5.41) is 4.34. The van der Waals surface area contributed by atoms with Crippen molar-refractivity contribution in [3.8, 4) is 16.9 Å². The van der Waals surface area contributed by atoms with Gasteiger partial charge in [-0.15, -0.1) is 0 Å². The van der Waals surface area contributed by atoms with E-state index < -0.39 is 0 Å². The van der Waals surface area contributed by atoms with E-state index in [1.807, 2.05) is 37.4 Å². The number of carbonyl (C=O) groups excluding carboxylic acids is 1. The molecular weight excluding hydrogens is 350 g/mol. The molecule has 4 nitrogen and oxygen atoms in total. The van der Waals surface area contributed by atoms with E-state index in [1.54, 1.807) is 7.11 Å². The Labute approximate surface area is 164 Å². The molecule has 0 aliphatic heterocycles. The average molecular weight is 373 g/mol. The smallest absolute Gasteiger partial charge is 0.355 e. The van der Waals surface area contributed by atoms with E-state index in [0.29, 0.717) is 12.3 Å². The molecule has 1 aromatic heterocycles. The minimum Gasteiger partial charge on any atom is -0.495 e. The van der Waals surface area contributed by atoms with Crippen LogP contribution in [0.25, 0.3) is 32.7 Å². The lowest BCUT2D eigenvalue weighted by Crippen LogP contribution is -2.07. The Morgan fingerprint density at radius 2 is 1.50 bits per heavy atom. The highest BCUT2D eigenvalue weighted by atomic mass is 16.5. The number of fused-ring (bicyclic) bond motifs is 3. The van der Waals surface area contributed by atoms with E-state index in [4.69, 9.17) is 9.47 Å². The van der Waals surface area contributed by atoms with E-state index in [9.17, 15) is 4.79 Å². The number of aromatic nitrogens is 1. The van der Waals surface area contributed by atoms with Gasteiger partial charge in [-0.1, -0.05) is 55.5 Å². The van der Waals surface area contributed by atoms with Gasteiger partial charge < -0.3 is 14.5 Å². The number of methoxy groups -OCH3 is 1. The minimum atomic E-state index is -0.350. The number of benzene rings is 3. The summed E-state index contributed by atoms with van der Waals surface area (Å²) in [4.78, 5) is 15.8. The van der Waals surface area contributed by atoms with E-state index in [2.05, 4.69) is 36.2 Å². The molecule has 3 aromatic carbocycles. The average Bonchev–Trinajstić information content (AvgIpc) is 3.16. The van der Waals surface area contributed by atoms with Crippen molar-refractivity contribution in [2.24, 2.45) is 0 Å². The zero-order valence-corrected chi connectivity index (χ0v) is 16.3. The lowest BCUT2D eigenvalue weighted by atomic mass is 9.90. The second kappa shape index (κ2) is 7.39. The van der Waals surface area contributed by atoms with Gasteiger partial charge in [0.15, 0.2) is 0 Å². The second-order valence-electron chi connectivity index (χ2n) is 6.64. The fourth-order valence-corrected chi connectivity index (χ4v) is 3.96. The van der Waals surface area contributed by atoms with Gasteiger partial charge in [0.1, 0.15) is 11.4 Å². The third kappa shape index (κ3) is 2.73. The monoisotopic (exact) mass is 373 g/mol. The second-order valence-corrected chi connectivity index (χ2v) is 6.64. The number of ether oxygens (including phenoxy) is 2. The van der Waals surface area contributed by atoms with Crippen molar-refractivity contribution < 1.29 is 14.3 Å². The zero-order valence-electron chi connectivity index (χ0n) is 16.3.